The van der Waals surface area contributed by atoms with Crippen LogP contribution in [-0.2, 0) is 0 Å². The maximum atomic E-state index is 11.9. The largest absolute Gasteiger partial charge is 0.290 e. The van der Waals surface area contributed by atoms with Crippen molar-refractivity contribution in [3.05, 3.63) is 45.2 Å². The predicted molar refractivity (Wildman–Crippen MR) is 64.5 cm³/mol. The second-order valence-electron chi connectivity index (χ2n) is 3.38. The van der Waals surface area contributed by atoms with Crippen molar-refractivity contribution in [1.29, 1.82) is 0 Å². The summed E-state index contributed by atoms with van der Waals surface area (Å²) in [6.45, 7) is 0. The van der Waals surface area contributed by atoms with Crippen LogP contribution >= 0.6 is 15.9 Å². The number of fused-ring (bicyclic) bond motifs is 1. The molecule has 0 amide bonds. The number of nitrogens with zero attached hydrogens (tertiary/aromatic N) is 4. The molecule has 17 heavy (non-hydrogen) atoms. The lowest BCUT2D eigenvalue weighted by Gasteiger charge is -2.02. The van der Waals surface area contributed by atoms with Gasteiger partial charge < -0.3 is 0 Å². The fraction of sp³-hybridized carbons (Fsp3) is 0. The molecule has 1 aromatic carbocycles. The lowest BCUT2D eigenvalue weighted by atomic mass is 10.1. The summed E-state index contributed by atoms with van der Waals surface area (Å²) in [4.78, 5) is 16.2. The molecule has 0 aliphatic carbocycles. The van der Waals surface area contributed by atoms with E-state index in [2.05, 4.69) is 36.4 Å². The van der Waals surface area contributed by atoms with Crippen LogP contribution in [0.4, 0.5) is 0 Å². The summed E-state index contributed by atoms with van der Waals surface area (Å²) in [5.41, 5.74) is 1.14. The van der Waals surface area contributed by atoms with Gasteiger partial charge in [0.05, 0.1) is 5.69 Å². The molecule has 84 valence electrons. The first kappa shape index (κ1) is 10.2. The van der Waals surface area contributed by atoms with E-state index in [1.165, 1.54) is 4.52 Å². The van der Waals surface area contributed by atoms with Gasteiger partial charge in [0.1, 0.15) is 4.47 Å². The fourth-order valence-corrected chi connectivity index (χ4v) is 2.04. The molecule has 7 heteroatoms. The van der Waals surface area contributed by atoms with Crippen LogP contribution < -0.4 is 5.56 Å². The average Bonchev–Trinajstić information content (AvgIpc) is 2.83. The van der Waals surface area contributed by atoms with Crippen LogP contribution in [0.3, 0.4) is 0 Å². The number of rotatable bonds is 1. The van der Waals surface area contributed by atoms with E-state index in [1.54, 1.807) is 0 Å². The van der Waals surface area contributed by atoms with Crippen LogP contribution in [0, 0.1) is 0 Å². The molecule has 0 aliphatic rings. The number of hydrogen-bond acceptors (Lipinski definition) is 4. The number of benzene rings is 1. The van der Waals surface area contributed by atoms with Crippen molar-refractivity contribution in [2.45, 2.75) is 0 Å². The van der Waals surface area contributed by atoms with Crippen LogP contribution in [0.1, 0.15) is 0 Å². The van der Waals surface area contributed by atoms with Gasteiger partial charge in [-0.25, -0.2) is 4.98 Å². The summed E-state index contributed by atoms with van der Waals surface area (Å²) in [6, 6.07) is 9.42. The lowest BCUT2D eigenvalue weighted by Crippen LogP contribution is -2.17. The van der Waals surface area contributed by atoms with E-state index in [-0.39, 0.29) is 11.3 Å². The Kier molecular flexibility index (Phi) is 2.25. The molecule has 3 rings (SSSR count). The van der Waals surface area contributed by atoms with Gasteiger partial charge in [0.2, 0.25) is 0 Å². The third-order valence-corrected chi connectivity index (χ3v) is 3.06. The molecule has 0 atom stereocenters. The molecule has 3 aromatic rings. The Bertz CT molecular complexity index is 733. The summed E-state index contributed by atoms with van der Waals surface area (Å²) in [6.07, 6.45) is 0. The van der Waals surface area contributed by atoms with Gasteiger partial charge in [-0.1, -0.05) is 35.4 Å². The van der Waals surface area contributed by atoms with E-state index >= 15 is 0 Å². The maximum Gasteiger partial charge on any atom is 0.290 e. The zero-order valence-corrected chi connectivity index (χ0v) is 10.0. The molecule has 0 saturated heterocycles. The molecule has 1 N–H and O–H groups in total. The second-order valence-corrected chi connectivity index (χ2v) is 4.17. The Hall–Kier alpha value is -2.02. The lowest BCUT2D eigenvalue weighted by molar-refractivity contribution is 0.798. The van der Waals surface area contributed by atoms with E-state index in [0.717, 1.165) is 5.56 Å². The minimum Gasteiger partial charge on any atom is -0.266 e. The van der Waals surface area contributed by atoms with Crippen molar-refractivity contribution in [2.24, 2.45) is 0 Å². The average molecular weight is 292 g/mol. The minimum absolute atomic E-state index is 0.247. The third kappa shape index (κ3) is 1.55. The number of halogens is 1. The Balaban J connectivity index is 2.38. The van der Waals surface area contributed by atoms with Gasteiger partial charge in [-0.3, -0.25) is 4.79 Å². The summed E-state index contributed by atoms with van der Waals surface area (Å²) in [7, 11) is 0. The molecule has 0 unspecified atom stereocenters. The molecule has 0 bridgehead atoms. The molecule has 0 aliphatic heterocycles. The minimum atomic E-state index is -0.265. The summed E-state index contributed by atoms with van der Waals surface area (Å²) in [5, 5.41) is 9.73. The van der Waals surface area contributed by atoms with Crippen molar-refractivity contribution >= 4 is 21.7 Å². The van der Waals surface area contributed by atoms with E-state index in [1.807, 2.05) is 30.3 Å². The highest BCUT2D eigenvalue weighted by atomic mass is 79.9. The quantitative estimate of drug-likeness (QED) is 0.732. The van der Waals surface area contributed by atoms with Gasteiger partial charge in [-0.2, -0.15) is 9.73 Å². The number of aromatic amines is 1. The summed E-state index contributed by atoms with van der Waals surface area (Å²) < 4.78 is 1.56. The molecule has 0 fully saturated rings. The van der Waals surface area contributed by atoms with E-state index in [4.69, 9.17) is 0 Å². The highest BCUT2D eigenvalue weighted by Gasteiger charge is 2.13. The van der Waals surface area contributed by atoms with Crippen LogP contribution in [0.5, 0.6) is 0 Å². The number of nitrogens with one attached hydrogen (secondary N) is 1. The van der Waals surface area contributed by atoms with E-state index < -0.39 is 0 Å². The third-order valence-electron chi connectivity index (χ3n) is 2.34. The van der Waals surface area contributed by atoms with Gasteiger partial charge in [0.15, 0.2) is 0 Å². The molecule has 0 spiro atoms. The zero-order valence-electron chi connectivity index (χ0n) is 8.46. The standard InChI is InChI=1S/C10H6BrN5O/c11-7-8(6-4-2-1-3-5-6)12-10-13-14-15-16(10)9(7)17/h1-5H,(H,12,13,15). The molecule has 2 heterocycles. The Morgan fingerprint density at radius 2 is 2.00 bits per heavy atom. The first-order valence-corrected chi connectivity index (χ1v) is 5.61. The van der Waals surface area contributed by atoms with Gasteiger partial charge >= 0.3 is 0 Å². The SMILES string of the molecule is O=c1c(Br)c(-c2ccccc2)nc2nn[nH]n12. The molecular weight excluding hydrogens is 286 g/mol. The van der Waals surface area contributed by atoms with Crippen molar-refractivity contribution in [2.75, 3.05) is 0 Å². The monoisotopic (exact) mass is 291 g/mol. The highest BCUT2D eigenvalue weighted by molar-refractivity contribution is 9.10. The Morgan fingerprint density at radius 1 is 1.24 bits per heavy atom. The molecule has 2 aromatic heterocycles. The van der Waals surface area contributed by atoms with Crippen molar-refractivity contribution < 1.29 is 0 Å². The van der Waals surface area contributed by atoms with E-state index in [9.17, 15) is 4.79 Å². The van der Waals surface area contributed by atoms with Gasteiger partial charge in [-0.05, 0) is 21.1 Å². The normalized spacial score (nSPS) is 10.9. The second kappa shape index (κ2) is 3.77. The van der Waals surface area contributed by atoms with Crippen LogP contribution in [0.25, 0.3) is 17.0 Å². The number of tetrazole rings is 1. The van der Waals surface area contributed by atoms with Gasteiger partial charge in [0, 0.05) is 5.56 Å². The Morgan fingerprint density at radius 3 is 2.76 bits per heavy atom. The molecule has 0 radical (unpaired) electrons. The van der Waals surface area contributed by atoms with Crippen LogP contribution in [0.2, 0.25) is 0 Å². The van der Waals surface area contributed by atoms with E-state index in [0.29, 0.717) is 10.2 Å². The number of hydrogen-bond donors (Lipinski definition) is 1. The Labute approximate surface area is 103 Å². The maximum absolute atomic E-state index is 11.9. The van der Waals surface area contributed by atoms with Crippen molar-refractivity contribution in [3.63, 3.8) is 0 Å². The highest BCUT2D eigenvalue weighted by Crippen LogP contribution is 2.22. The molecular formula is C10H6BrN5O. The van der Waals surface area contributed by atoms with Crippen LogP contribution in [-0.4, -0.2) is 25.0 Å². The van der Waals surface area contributed by atoms with Crippen molar-refractivity contribution in [1.82, 2.24) is 25.0 Å². The number of H-pyrrole nitrogens is 1. The topological polar surface area (TPSA) is 75.9 Å². The summed E-state index contributed by atoms with van der Waals surface area (Å²) >= 11 is 3.25. The van der Waals surface area contributed by atoms with Gasteiger partial charge in [-0.15, -0.1) is 0 Å². The number of aromatic nitrogens is 5. The fourth-order valence-electron chi connectivity index (χ4n) is 1.55. The van der Waals surface area contributed by atoms with Gasteiger partial charge in [0.25, 0.3) is 11.3 Å². The summed E-state index contributed by atoms with van der Waals surface area (Å²) in [5.74, 6) is 0.247. The predicted octanol–water partition coefficient (Wildman–Crippen LogP) is 1.24. The first-order chi connectivity index (χ1) is 8.27. The van der Waals surface area contributed by atoms with Crippen LogP contribution in [0.15, 0.2) is 39.6 Å². The molecule has 6 nitrogen and oxygen atoms in total. The van der Waals surface area contributed by atoms with Crippen molar-refractivity contribution in [3.8, 4) is 11.3 Å². The first-order valence-electron chi connectivity index (χ1n) is 4.82. The zero-order chi connectivity index (χ0) is 11.8. The molecule has 0 saturated carbocycles. The smallest absolute Gasteiger partial charge is 0.266 e.